The fourth-order valence-electron chi connectivity index (χ4n) is 5.00. The summed E-state index contributed by atoms with van der Waals surface area (Å²) in [6.45, 7) is 0.458. The molecule has 14 heteroatoms. The van der Waals surface area contributed by atoms with Gasteiger partial charge in [0.05, 0.1) is 6.04 Å². The van der Waals surface area contributed by atoms with E-state index in [2.05, 4.69) is 40.6 Å². The number of carbonyl (C=O) groups is 2. The van der Waals surface area contributed by atoms with Crippen LogP contribution < -0.4 is 38.3 Å². The number of H-pyrrole nitrogens is 1. The summed E-state index contributed by atoms with van der Waals surface area (Å²) >= 11 is 0. The molecule has 6 N–H and O–H groups in total. The number of carbonyl (C=O) groups excluding carboxylic acids is 2. The fraction of sp³-hybridized carbons (Fsp3) is 0.172. The normalized spacial score (nSPS) is 13.9. The molecular weight excluding hydrogens is 556 g/mol. The van der Waals surface area contributed by atoms with Crippen molar-refractivity contribution in [2.45, 2.75) is 32.0 Å². The highest BCUT2D eigenvalue weighted by atomic mass is 16.5. The minimum Gasteiger partial charge on any atom is -0.394 e. The van der Waals surface area contributed by atoms with E-state index >= 15 is 0 Å². The predicted octanol–water partition coefficient (Wildman–Crippen LogP) is 0.957. The van der Waals surface area contributed by atoms with Gasteiger partial charge in [-0.25, -0.2) is 14.8 Å². The molecule has 2 aromatic heterocycles. The third-order valence-corrected chi connectivity index (χ3v) is 7.23. The fourth-order valence-corrected chi connectivity index (χ4v) is 5.00. The Bertz CT molecular complexity index is 2000. The Hall–Kier alpha value is -5.92. The molecule has 2 amide bonds. The van der Waals surface area contributed by atoms with Crippen molar-refractivity contribution in [2.24, 2.45) is 0 Å². The van der Waals surface area contributed by atoms with Gasteiger partial charge in [0.1, 0.15) is 29.1 Å². The van der Waals surface area contributed by atoms with Crippen molar-refractivity contribution >= 4 is 23.2 Å². The van der Waals surface area contributed by atoms with E-state index in [0.717, 1.165) is 28.6 Å². The number of anilines is 2. The molecule has 0 unspecified atom stereocenters. The molecule has 0 fully saturated rings. The van der Waals surface area contributed by atoms with Crippen LogP contribution in [0.4, 0.5) is 11.4 Å². The minimum absolute atomic E-state index is 0.0339. The number of nitrogens with two attached hydrogens (primary N) is 1. The summed E-state index contributed by atoms with van der Waals surface area (Å²) in [5.41, 5.74) is 8.62. The number of amides is 2. The van der Waals surface area contributed by atoms with E-state index in [0.29, 0.717) is 24.2 Å². The number of aryl methyl sites for hydroxylation is 1. The molecule has 0 saturated carbocycles. The molecule has 6 rings (SSSR count). The molecular formula is C29H24N8O6. The number of benzene rings is 2. The van der Waals surface area contributed by atoms with E-state index in [1.807, 2.05) is 30.3 Å². The van der Waals surface area contributed by atoms with Gasteiger partial charge in [0.25, 0.3) is 22.7 Å². The summed E-state index contributed by atoms with van der Waals surface area (Å²) in [4.78, 5) is 70.6. The molecule has 0 bridgehead atoms. The summed E-state index contributed by atoms with van der Waals surface area (Å²) in [6.07, 6.45) is 2.55. The molecule has 5 aromatic rings. The molecule has 1 aliphatic rings. The number of rotatable bonds is 9. The number of aromatic nitrogens is 4. The first-order valence-corrected chi connectivity index (χ1v) is 13.3. The number of hydrogen-bond acceptors (Lipinski definition) is 11. The van der Waals surface area contributed by atoms with Gasteiger partial charge in [-0.1, -0.05) is 41.6 Å². The molecule has 1 aliphatic carbocycles. The molecule has 43 heavy (non-hydrogen) atoms. The predicted molar refractivity (Wildman–Crippen MR) is 154 cm³/mol. The molecule has 1 atom stereocenters. The van der Waals surface area contributed by atoms with Crippen LogP contribution in [-0.4, -0.2) is 31.9 Å². The number of hydrogen-bond donors (Lipinski definition) is 5. The van der Waals surface area contributed by atoms with E-state index in [1.165, 1.54) is 6.07 Å². The summed E-state index contributed by atoms with van der Waals surface area (Å²) in [7, 11) is 0. The topological polar surface area (TPSA) is 215 Å². The van der Waals surface area contributed by atoms with Crippen molar-refractivity contribution in [3.05, 3.63) is 119 Å². The Morgan fingerprint density at radius 3 is 2.47 bits per heavy atom. The van der Waals surface area contributed by atoms with Gasteiger partial charge < -0.3 is 21.7 Å². The lowest BCUT2D eigenvalue weighted by atomic mass is 10.0. The lowest BCUT2D eigenvalue weighted by molar-refractivity contribution is 0.0931. The van der Waals surface area contributed by atoms with Crippen LogP contribution in [0, 0.1) is 0 Å². The third kappa shape index (κ3) is 5.53. The van der Waals surface area contributed by atoms with Gasteiger partial charge in [0, 0.05) is 24.7 Å². The van der Waals surface area contributed by atoms with Crippen LogP contribution in [0.2, 0.25) is 0 Å². The van der Waals surface area contributed by atoms with E-state index in [9.17, 15) is 24.0 Å². The number of aromatic amines is 1. The average Bonchev–Trinajstić information content (AvgIpc) is 3.65. The van der Waals surface area contributed by atoms with Gasteiger partial charge in [-0.15, -0.1) is 0 Å². The van der Waals surface area contributed by atoms with Crippen molar-refractivity contribution in [2.75, 3.05) is 11.1 Å². The Morgan fingerprint density at radius 2 is 1.72 bits per heavy atom. The van der Waals surface area contributed by atoms with Crippen LogP contribution >= 0.6 is 0 Å². The molecule has 0 aliphatic heterocycles. The van der Waals surface area contributed by atoms with Crippen molar-refractivity contribution in [3.8, 4) is 11.4 Å². The second-order valence-corrected chi connectivity index (χ2v) is 10.0. The van der Waals surface area contributed by atoms with Gasteiger partial charge in [-0.3, -0.25) is 28.7 Å². The largest absolute Gasteiger partial charge is 0.439 e. The Kier molecular flexibility index (Phi) is 7.07. The molecule has 0 radical (unpaired) electrons. The maximum atomic E-state index is 13.0. The molecule has 0 saturated heterocycles. The molecule has 3 aromatic carbocycles. The number of fused-ring (bicyclic) bond motifs is 1. The van der Waals surface area contributed by atoms with Crippen LogP contribution in [0.25, 0.3) is 11.4 Å². The second kappa shape index (κ2) is 11.2. The first-order valence-electron chi connectivity index (χ1n) is 13.3. The first kappa shape index (κ1) is 27.3. The SMILES string of the molecule is Nc1c(NCc2cccc(CNC(=O)c3cc(C(=O)N[C@H]4CCc5cc(-c6noc(=O)[nH]6)ccc54)ncn3)c2)c(=O)c1=O. The Labute approximate surface area is 242 Å². The maximum Gasteiger partial charge on any atom is 0.439 e. The second-order valence-electron chi connectivity index (χ2n) is 10.0. The average molecular weight is 581 g/mol. The van der Waals surface area contributed by atoms with Crippen LogP contribution in [-0.2, 0) is 19.5 Å². The summed E-state index contributed by atoms with van der Waals surface area (Å²) < 4.78 is 4.58. The lowest BCUT2D eigenvalue weighted by Crippen LogP contribution is -2.36. The van der Waals surface area contributed by atoms with Crippen LogP contribution in [0.5, 0.6) is 0 Å². The zero-order valence-corrected chi connectivity index (χ0v) is 22.5. The number of nitrogen functional groups attached to an aromatic ring is 1. The summed E-state index contributed by atoms with van der Waals surface area (Å²) in [6, 6.07) is 13.9. The quantitative estimate of drug-likeness (QED) is 0.155. The zero-order chi connectivity index (χ0) is 30.1. The molecule has 2 heterocycles. The van der Waals surface area contributed by atoms with E-state index < -0.39 is 28.4 Å². The lowest BCUT2D eigenvalue weighted by Gasteiger charge is -2.14. The van der Waals surface area contributed by atoms with E-state index in [4.69, 9.17) is 5.73 Å². The van der Waals surface area contributed by atoms with Crippen LogP contribution in [0.15, 0.2) is 73.8 Å². The third-order valence-electron chi connectivity index (χ3n) is 7.23. The highest BCUT2D eigenvalue weighted by Gasteiger charge is 2.26. The van der Waals surface area contributed by atoms with Gasteiger partial charge >= 0.3 is 5.76 Å². The smallest absolute Gasteiger partial charge is 0.394 e. The highest BCUT2D eigenvalue weighted by molar-refractivity contribution is 5.97. The van der Waals surface area contributed by atoms with Crippen LogP contribution in [0.3, 0.4) is 0 Å². The Morgan fingerprint density at radius 1 is 0.953 bits per heavy atom. The van der Waals surface area contributed by atoms with Crippen LogP contribution in [0.1, 0.15) is 55.7 Å². The van der Waals surface area contributed by atoms with Crippen molar-refractivity contribution in [3.63, 3.8) is 0 Å². The van der Waals surface area contributed by atoms with Gasteiger partial charge in [0.2, 0.25) is 0 Å². The van der Waals surface area contributed by atoms with Crippen molar-refractivity contribution in [1.82, 2.24) is 30.7 Å². The highest BCUT2D eigenvalue weighted by Crippen LogP contribution is 2.33. The van der Waals surface area contributed by atoms with Gasteiger partial charge in [-0.05, 0) is 41.2 Å². The number of nitrogens with zero attached hydrogens (tertiary/aromatic N) is 3. The minimum atomic E-state index is -0.688. The van der Waals surface area contributed by atoms with E-state index in [1.54, 1.807) is 12.1 Å². The molecule has 0 spiro atoms. The van der Waals surface area contributed by atoms with Gasteiger partial charge in [-0.2, -0.15) is 0 Å². The molecule has 216 valence electrons. The maximum absolute atomic E-state index is 13.0. The first-order chi connectivity index (χ1) is 20.8. The number of nitrogens with one attached hydrogen (secondary N) is 4. The van der Waals surface area contributed by atoms with E-state index in [-0.39, 0.29) is 41.9 Å². The Balaban J connectivity index is 1.06. The summed E-state index contributed by atoms with van der Waals surface area (Å²) in [5.74, 6) is -1.23. The molecule has 14 nitrogen and oxygen atoms in total. The van der Waals surface area contributed by atoms with Crippen molar-refractivity contribution in [1.29, 1.82) is 0 Å². The summed E-state index contributed by atoms with van der Waals surface area (Å²) in [5, 5.41) is 12.3. The standard InChI is InChI=1S/C29H24N8O6/c30-22-23(25(39)24(22)38)31-11-14-2-1-3-15(8-14)12-32-27(40)20-10-21(34-13-33-20)28(41)35-19-7-5-16-9-17(4-6-18(16)19)26-36-29(42)43-37-26/h1-4,6,8-10,13,19,31H,5,7,11-12,30H2,(H,32,40)(H,35,41)(H,36,37,42)/t19-/m0/s1. The van der Waals surface area contributed by atoms with Crippen molar-refractivity contribution < 1.29 is 14.1 Å². The monoisotopic (exact) mass is 580 g/mol. The van der Waals surface area contributed by atoms with Gasteiger partial charge in [0.15, 0.2) is 5.82 Å². The zero-order valence-electron chi connectivity index (χ0n) is 22.5.